The fraction of sp³-hybridized carbons (Fsp3) is 1.00. The van der Waals surface area contributed by atoms with Crippen molar-refractivity contribution >= 4 is 0 Å². The normalized spacial score (nSPS) is 12.5. The van der Waals surface area contributed by atoms with Crippen LogP contribution in [-0.2, 0) is 24.3 Å². The Kier molecular flexibility index (Phi) is 7.28. The van der Waals surface area contributed by atoms with Crippen LogP contribution in [0.3, 0.4) is 0 Å². The van der Waals surface area contributed by atoms with Crippen LogP contribution in [0.15, 0.2) is 0 Å². The summed E-state index contributed by atoms with van der Waals surface area (Å²) in [5.41, 5.74) is 0. The van der Waals surface area contributed by atoms with E-state index in [1.54, 1.807) is 0 Å². The van der Waals surface area contributed by atoms with Crippen molar-refractivity contribution in [1.29, 1.82) is 0 Å². The fourth-order valence-corrected chi connectivity index (χ4v) is 5.73. The maximum absolute atomic E-state index is 5.81. The van der Waals surface area contributed by atoms with Crippen LogP contribution in [0.1, 0.15) is 27.7 Å². The van der Waals surface area contributed by atoms with Gasteiger partial charge >= 0.3 is 86.9 Å². The molecule has 80 valence electrons. The Bertz CT molecular complexity index is 123. The van der Waals surface area contributed by atoms with Gasteiger partial charge in [-0.25, -0.2) is 0 Å². The van der Waals surface area contributed by atoms with Crippen LogP contribution in [0.4, 0.5) is 0 Å². The molecular formula is C9H23NO2Ti. The first-order valence-electron chi connectivity index (χ1n) is 5.17. The Hall–Kier alpha value is 0.594. The molecule has 0 rings (SSSR count). The summed E-state index contributed by atoms with van der Waals surface area (Å²) in [4.78, 5) is 0. The number of nitrogens with zero attached hydrogens (tertiary/aromatic N) is 1. The third-order valence-corrected chi connectivity index (χ3v) is 7.52. The Morgan fingerprint density at radius 3 is 1.54 bits per heavy atom. The summed E-state index contributed by atoms with van der Waals surface area (Å²) in [7, 11) is 0. The third-order valence-electron chi connectivity index (χ3n) is 2.16. The van der Waals surface area contributed by atoms with Gasteiger partial charge in [0.2, 0.25) is 0 Å². The van der Waals surface area contributed by atoms with Gasteiger partial charge in [-0.3, -0.25) is 0 Å². The van der Waals surface area contributed by atoms with Gasteiger partial charge in [-0.05, 0) is 0 Å². The summed E-state index contributed by atoms with van der Waals surface area (Å²) in [6.45, 7) is 11.9. The molecule has 0 aliphatic carbocycles. The first kappa shape index (κ1) is 13.6. The van der Waals surface area contributed by atoms with Crippen LogP contribution in [-0.4, -0.2) is 29.7 Å². The van der Waals surface area contributed by atoms with Gasteiger partial charge in [0, 0.05) is 0 Å². The van der Waals surface area contributed by atoms with Crippen molar-refractivity contribution in [2.45, 2.75) is 32.9 Å². The van der Waals surface area contributed by atoms with Gasteiger partial charge < -0.3 is 0 Å². The van der Waals surface area contributed by atoms with Gasteiger partial charge in [0.05, 0.1) is 0 Å². The van der Waals surface area contributed by atoms with Crippen LogP contribution < -0.4 is 0 Å². The van der Waals surface area contributed by atoms with Crippen molar-refractivity contribution in [2.75, 3.05) is 26.3 Å². The topological polar surface area (TPSA) is 21.7 Å². The summed E-state index contributed by atoms with van der Waals surface area (Å²) in [6, 6.07) is 0. The zero-order chi connectivity index (χ0) is 10.3. The van der Waals surface area contributed by atoms with Gasteiger partial charge in [0.1, 0.15) is 0 Å². The molecule has 4 heteroatoms. The third kappa shape index (κ3) is 4.09. The summed E-state index contributed by atoms with van der Waals surface area (Å²) in [5, 5.41) is 2.17. The molecule has 0 unspecified atom stereocenters. The van der Waals surface area contributed by atoms with E-state index >= 15 is 0 Å². The molecule has 0 fully saturated rings. The minimum atomic E-state index is -2.57. The van der Waals surface area contributed by atoms with Crippen LogP contribution in [0, 0.1) is 0 Å². The van der Waals surface area contributed by atoms with E-state index in [4.69, 9.17) is 6.64 Å². The zero-order valence-corrected chi connectivity index (χ0v) is 11.2. The van der Waals surface area contributed by atoms with Crippen LogP contribution in [0.5, 0.6) is 0 Å². The van der Waals surface area contributed by atoms with Crippen LogP contribution in [0.25, 0.3) is 0 Å². The fourth-order valence-electron chi connectivity index (χ4n) is 1.56. The number of rotatable bonds is 7. The van der Waals surface area contributed by atoms with E-state index in [2.05, 4.69) is 22.5 Å². The molecule has 0 aliphatic rings. The van der Waals surface area contributed by atoms with E-state index in [0.29, 0.717) is 0 Å². The molecule has 0 atom stereocenters. The first-order valence-corrected chi connectivity index (χ1v) is 8.70. The van der Waals surface area contributed by atoms with Gasteiger partial charge in [-0.15, -0.1) is 0 Å². The quantitative estimate of drug-likeness (QED) is 0.621. The molecule has 3 nitrogen and oxygen atoms in total. The molecule has 13 heavy (non-hydrogen) atoms. The standard InChI is InChI=1S/C4H10N.2C2H5O.CH3.Ti/c1-3-5-4-2;2*1-2-3;;/h3-4H2,1-2H3;2*2H2,1H3;1H3;/q3*-1;;+3. The summed E-state index contributed by atoms with van der Waals surface area (Å²) >= 11 is -2.57. The predicted octanol–water partition coefficient (Wildman–Crippen LogP) is 2.35. The van der Waals surface area contributed by atoms with E-state index in [0.717, 1.165) is 26.3 Å². The van der Waals surface area contributed by atoms with Crippen LogP contribution in [0.2, 0.25) is 5.23 Å². The molecule has 0 heterocycles. The Morgan fingerprint density at radius 2 is 1.31 bits per heavy atom. The average molecular weight is 225 g/mol. The van der Waals surface area contributed by atoms with E-state index in [1.807, 2.05) is 13.8 Å². The van der Waals surface area contributed by atoms with Gasteiger partial charge in [0.15, 0.2) is 0 Å². The second-order valence-electron chi connectivity index (χ2n) is 2.94. The monoisotopic (exact) mass is 225 g/mol. The van der Waals surface area contributed by atoms with Gasteiger partial charge in [-0.2, -0.15) is 0 Å². The SMILES string of the molecule is CC[O][Ti]([CH3])([O]CC)[N](CC)CC. The minimum absolute atomic E-state index is 0.757. The van der Waals surface area contributed by atoms with Crippen molar-refractivity contribution in [3.63, 3.8) is 0 Å². The van der Waals surface area contributed by atoms with Gasteiger partial charge in [0.25, 0.3) is 0 Å². The van der Waals surface area contributed by atoms with E-state index in [-0.39, 0.29) is 0 Å². The molecule has 0 N–H and O–H groups in total. The molecule has 0 radical (unpaired) electrons. The molecule has 0 spiro atoms. The molecule has 0 aromatic rings. The molecule has 0 bridgehead atoms. The van der Waals surface area contributed by atoms with Crippen LogP contribution >= 0.6 is 0 Å². The first-order chi connectivity index (χ1) is 6.14. The summed E-state index contributed by atoms with van der Waals surface area (Å²) < 4.78 is 14.0. The van der Waals surface area contributed by atoms with E-state index in [9.17, 15) is 0 Å². The molecule has 0 saturated carbocycles. The van der Waals surface area contributed by atoms with E-state index < -0.39 is 17.6 Å². The number of hydrogen-bond acceptors (Lipinski definition) is 3. The van der Waals surface area contributed by atoms with E-state index in [1.165, 1.54) is 0 Å². The van der Waals surface area contributed by atoms with Crippen molar-refractivity contribution in [2.24, 2.45) is 0 Å². The summed E-state index contributed by atoms with van der Waals surface area (Å²) in [5.74, 6) is 0. The van der Waals surface area contributed by atoms with Crippen molar-refractivity contribution in [3.8, 4) is 0 Å². The van der Waals surface area contributed by atoms with Crippen molar-refractivity contribution in [1.82, 2.24) is 3.38 Å². The molecule has 0 saturated heterocycles. The zero-order valence-electron chi connectivity index (χ0n) is 9.59. The number of hydrogen-bond donors (Lipinski definition) is 0. The maximum atomic E-state index is 5.81. The summed E-state index contributed by atoms with van der Waals surface area (Å²) in [6.07, 6.45) is 0. The Balaban J connectivity index is 4.33. The molecule has 0 aromatic heterocycles. The second-order valence-corrected chi connectivity index (χ2v) is 7.63. The van der Waals surface area contributed by atoms with Gasteiger partial charge in [-0.1, -0.05) is 0 Å². The van der Waals surface area contributed by atoms with Crippen molar-refractivity contribution < 1.29 is 24.3 Å². The predicted molar refractivity (Wildman–Crippen MR) is 52.0 cm³/mol. The molecular weight excluding hydrogens is 202 g/mol. The Labute approximate surface area is 87.0 Å². The second kappa shape index (κ2) is 6.96. The molecule has 0 aliphatic heterocycles. The molecule has 0 amide bonds. The Morgan fingerprint density at radius 1 is 0.923 bits per heavy atom. The van der Waals surface area contributed by atoms with Crippen molar-refractivity contribution in [3.05, 3.63) is 0 Å². The average Bonchev–Trinajstić information content (AvgIpc) is 2.07. The molecule has 0 aromatic carbocycles.